The van der Waals surface area contributed by atoms with Gasteiger partial charge in [-0.2, -0.15) is 0 Å². The Bertz CT molecular complexity index is 294. The molecule has 0 saturated carbocycles. The summed E-state index contributed by atoms with van der Waals surface area (Å²) in [5.41, 5.74) is 0.524. The molecule has 0 radical (unpaired) electrons. The van der Waals surface area contributed by atoms with E-state index >= 15 is 0 Å². The molecule has 0 aliphatic rings. The molecule has 0 bridgehead atoms. The van der Waals surface area contributed by atoms with Crippen molar-refractivity contribution in [1.82, 2.24) is 4.98 Å². The van der Waals surface area contributed by atoms with E-state index in [1.54, 1.807) is 0 Å². The van der Waals surface area contributed by atoms with Gasteiger partial charge in [-0.25, -0.2) is 4.79 Å². The van der Waals surface area contributed by atoms with Crippen LogP contribution in [-0.2, 0) is 6.42 Å². The summed E-state index contributed by atoms with van der Waals surface area (Å²) < 4.78 is 0. The molecule has 5 nitrogen and oxygen atoms in total. The van der Waals surface area contributed by atoms with Crippen molar-refractivity contribution in [2.45, 2.75) is 12.7 Å². The van der Waals surface area contributed by atoms with Gasteiger partial charge in [0.25, 0.3) is 0 Å². The maximum atomic E-state index is 10.4. The SMILES string of the molecule is O=C(O)c1ccc(CC(O)O)nc1. The molecule has 1 aromatic rings. The number of carboxylic acid groups (broad SMARTS) is 1. The van der Waals surface area contributed by atoms with Crippen LogP contribution < -0.4 is 0 Å². The van der Waals surface area contributed by atoms with Crippen molar-refractivity contribution in [2.24, 2.45) is 0 Å². The first kappa shape index (κ1) is 9.63. The standard InChI is InChI=1S/C8H9NO4/c10-7(11)3-6-2-1-5(4-9-6)8(12)13/h1-2,4,7,10-11H,3H2,(H,12,13). The summed E-state index contributed by atoms with van der Waals surface area (Å²) in [7, 11) is 0. The van der Waals surface area contributed by atoms with Crippen molar-refractivity contribution in [3.8, 4) is 0 Å². The molecule has 0 spiro atoms. The molecule has 0 atom stereocenters. The Morgan fingerprint density at radius 3 is 2.54 bits per heavy atom. The van der Waals surface area contributed by atoms with Crippen LogP contribution in [-0.4, -0.2) is 32.6 Å². The number of carbonyl (C=O) groups is 1. The Labute approximate surface area is 74.3 Å². The second-order valence-electron chi connectivity index (χ2n) is 2.53. The summed E-state index contributed by atoms with van der Waals surface area (Å²) in [6, 6.07) is 2.82. The Morgan fingerprint density at radius 2 is 2.15 bits per heavy atom. The predicted octanol–water partition coefficient (Wildman–Crippen LogP) is -0.367. The average Bonchev–Trinajstić information content (AvgIpc) is 2.04. The van der Waals surface area contributed by atoms with Crippen molar-refractivity contribution >= 4 is 5.97 Å². The molecule has 0 fully saturated rings. The fraction of sp³-hybridized carbons (Fsp3) is 0.250. The summed E-state index contributed by atoms with van der Waals surface area (Å²) in [5, 5.41) is 25.7. The minimum Gasteiger partial charge on any atom is -0.478 e. The third-order valence-electron chi connectivity index (χ3n) is 1.46. The second-order valence-corrected chi connectivity index (χ2v) is 2.53. The maximum absolute atomic E-state index is 10.4. The van der Waals surface area contributed by atoms with E-state index in [0.29, 0.717) is 5.69 Å². The maximum Gasteiger partial charge on any atom is 0.337 e. The topological polar surface area (TPSA) is 90.7 Å². The van der Waals surface area contributed by atoms with Gasteiger partial charge in [-0.05, 0) is 12.1 Å². The highest BCUT2D eigenvalue weighted by atomic mass is 16.5. The quantitative estimate of drug-likeness (QED) is 0.556. The Kier molecular flexibility index (Phi) is 2.94. The fourth-order valence-electron chi connectivity index (χ4n) is 0.859. The van der Waals surface area contributed by atoms with Gasteiger partial charge in [0.15, 0.2) is 6.29 Å². The lowest BCUT2D eigenvalue weighted by molar-refractivity contribution is -0.0388. The van der Waals surface area contributed by atoms with E-state index in [4.69, 9.17) is 15.3 Å². The van der Waals surface area contributed by atoms with Gasteiger partial charge in [0.05, 0.1) is 5.56 Å². The summed E-state index contributed by atoms with van der Waals surface area (Å²) in [6.07, 6.45) is -0.275. The first-order valence-electron chi connectivity index (χ1n) is 3.64. The molecule has 70 valence electrons. The molecule has 0 unspecified atom stereocenters. The van der Waals surface area contributed by atoms with E-state index in [-0.39, 0.29) is 12.0 Å². The lowest BCUT2D eigenvalue weighted by atomic mass is 10.2. The Balaban J connectivity index is 2.75. The lowest BCUT2D eigenvalue weighted by Gasteiger charge is -2.02. The number of hydrogen-bond donors (Lipinski definition) is 3. The van der Waals surface area contributed by atoms with Crippen LogP contribution in [0.2, 0.25) is 0 Å². The van der Waals surface area contributed by atoms with Crippen LogP contribution in [0.3, 0.4) is 0 Å². The number of aromatic nitrogens is 1. The van der Waals surface area contributed by atoms with Crippen LogP contribution in [0.15, 0.2) is 18.3 Å². The van der Waals surface area contributed by atoms with Gasteiger partial charge >= 0.3 is 5.97 Å². The van der Waals surface area contributed by atoms with Crippen LogP contribution in [0, 0.1) is 0 Å². The second kappa shape index (κ2) is 3.97. The molecule has 0 aliphatic heterocycles. The number of pyridine rings is 1. The van der Waals surface area contributed by atoms with Gasteiger partial charge in [0, 0.05) is 18.3 Å². The van der Waals surface area contributed by atoms with Gasteiger partial charge < -0.3 is 15.3 Å². The number of rotatable bonds is 3. The minimum atomic E-state index is -1.46. The molecular weight excluding hydrogens is 174 g/mol. The largest absolute Gasteiger partial charge is 0.478 e. The van der Waals surface area contributed by atoms with E-state index in [0.717, 1.165) is 0 Å². The smallest absolute Gasteiger partial charge is 0.337 e. The Hall–Kier alpha value is -1.46. The zero-order valence-electron chi connectivity index (χ0n) is 6.71. The van der Waals surface area contributed by atoms with Crippen LogP contribution in [0.5, 0.6) is 0 Å². The third-order valence-corrected chi connectivity index (χ3v) is 1.46. The zero-order valence-corrected chi connectivity index (χ0v) is 6.71. The van der Waals surface area contributed by atoms with Crippen LogP contribution >= 0.6 is 0 Å². The van der Waals surface area contributed by atoms with E-state index < -0.39 is 12.3 Å². The number of hydrogen-bond acceptors (Lipinski definition) is 4. The molecule has 0 saturated heterocycles. The first-order chi connectivity index (χ1) is 6.09. The van der Waals surface area contributed by atoms with Gasteiger partial charge in [-0.1, -0.05) is 0 Å². The van der Waals surface area contributed by atoms with E-state index in [1.807, 2.05) is 0 Å². The summed E-state index contributed by atoms with van der Waals surface area (Å²) >= 11 is 0. The molecule has 1 rings (SSSR count). The normalized spacial score (nSPS) is 10.4. The van der Waals surface area contributed by atoms with Crippen molar-refractivity contribution in [3.63, 3.8) is 0 Å². The molecule has 1 aromatic heterocycles. The average molecular weight is 183 g/mol. The number of nitrogens with zero attached hydrogens (tertiary/aromatic N) is 1. The molecule has 0 aliphatic carbocycles. The molecule has 13 heavy (non-hydrogen) atoms. The molecule has 5 heteroatoms. The van der Waals surface area contributed by atoms with Crippen LogP contribution in [0.4, 0.5) is 0 Å². The van der Waals surface area contributed by atoms with E-state index in [9.17, 15) is 4.79 Å². The van der Waals surface area contributed by atoms with Crippen molar-refractivity contribution in [3.05, 3.63) is 29.6 Å². The minimum absolute atomic E-state index is 0.000100. The summed E-state index contributed by atoms with van der Waals surface area (Å²) in [6.45, 7) is 0. The lowest BCUT2D eigenvalue weighted by Crippen LogP contribution is -2.10. The highest BCUT2D eigenvalue weighted by molar-refractivity contribution is 5.87. The number of carboxylic acids is 1. The number of aromatic carboxylic acids is 1. The zero-order chi connectivity index (χ0) is 9.84. The number of aliphatic hydroxyl groups excluding tert-OH is 1. The Morgan fingerprint density at radius 1 is 1.46 bits per heavy atom. The monoisotopic (exact) mass is 183 g/mol. The summed E-state index contributed by atoms with van der Waals surface area (Å²) in [5.74, 6) is -1.05. The van der Waals surface area contributed by atoms with Gasteiger partial charge in [-0.15, -0.1) is 0 Å². The van der Waals surface area contributed by atoms with Crippen molar-refractivity contribution in [2.75, 3.05) is 0 Å². The molecule has 1 heterocycles. The van der Waals surface area contributed by atoms with E-state index in [1.165, 1.54) is 18.3 Å². The molecule has 0 amide bonds. The van der Waals surface area contributed by atoms with Gasteiger partial charge in [0.2, 0.25) is 0 Å². The molecular formula is C8H9NO4. The van der Waals surface area contributed by atoms with Crippen LogP contribution in [0.25, 0.3) is 0 Å². The van der Waals surface area contributed by atoms with Crippen LogP contribution in [0.1, 0.15) is 16.1 Å². The highest BCUT2D eigenvalue weighted by Gasteiger charge is 2.04. The van der Waals surface area contributed by atoms with Crippen molar-refractivity contribution in [1.29, 1.82) is 0 Å². The fourth-order valence-corrected chi connectivity index (χ4v) is 0.859. The predicted molar refractivity (Wildman–Crippen MR) is 43.1 cm³/mol. The molecule has 0 aromatic carbocycles. The van der Waals surface area contributed by atoms with E-state index in [2.05, 4.69) is 4.98 Å². The highest BCUT2D eigenvalue weighted by Crippen LogP contribution is 2.02. The van der Waals surface area contributed by atoms with Crippen molar-refractivity contribution < 1.29 is 20.1 Å². The van der Waals surface area contributed by atoms with Gasteiger partial charge in [-0.3, -0.25) is 4.98 Å². The molecule has 3 N–H and O–H groups in total. The number of aliphatic hydroxyl groups is 2. The summed E-state index contributed by atoms with van der Waals surface area (Å²) in [4.78, 5) is 14.1. The van der Waals surface area contributed by atoms with Gasteiger partial charge in [0.1, 0.15) is 0 Å². The first-order valence-corrected chi connectivity index (χ1v) is 3.64. The third kappa shape index (κ3) is 2.81.